The van der Waals surface area contributed by atoms with Crippen LogP contribution in [0.3, 0.4) is 0 Å². The van der Waals surface area contributed by atoms with Crippen LogP contribution in [0.15, 0.2) is 48.5 Å². The number of carbonyl (C=O) groups is 2. The van der Waals surface area contributed by atoms with E-state index in [1.165, 1.54) is 7.11 Å². The van der Waals surface area contributed by atoms with Crippen LogP contribution >= 0.6 is 23.2 Å². The number of rotatable bonds is 5. The number of hydrogen-bond acceptors (Lipinski definition) is 3. The predicted molar refractivity (Wildman–Crippen MR) is 86.6 cm³/mol. The van der Waals surface area contributed by atoms with E-state index in [-0.39, 0.29) is 12.2 Å². The Morgan fingerprint density at radius 2 is 1.59 bits per heavy atom. The van der Waals surface area contributed by atoms with Crippen LogP contribution in [0.5, 0.6) is 0 Å². The monoisotopic (exact) mass is 336 g/mol. The minimum absolute atomic E-state index is 0.0554. The number of ketones is 1. The number of carbonyl (C=O) groups excluding carboxylic acids is 2. The molecule has 1 unspecified atom stereocenters. The van der Waals surface area contributed by atoms with Crippen molar-refractivity contribution in [2.24, 2.45) is 0 Å². The van der Waals surface area contributed by atoms with E-state index >= 15 is 0 Å². The summed E-state index contributed by atoms with van der Waals surface area (Å²) in [5, 5.41) is 0.674. The van der Waals surface area contributed by atoms with Crippen molar-refractivity contribution in [1.29, 1.82) is 0 Å². The van der Waals surface area contributed by atoms with Crippen molar-refractivity contribution in [3.05, 3.63) is 69.7 Å². The molecule has 0 saturated carbocycles. The fraction of sp³-hybridized carbons (Fsp3) is 0.176. The van der Waals surface area contributed by atoms with Crippen LogP contribution in [0, 0.1) is 0 Å². The van der Waals surface area contributed by atoms with Gasteiger partial charge in [0, 0.05) is 27.6 Å². The van der Waals surface area contributed by atoms with Gasteiger partial charge in [-0.3, -0.25) is 9.59 Å². The van der Waals surface area contributed by atoms with Crippen molar-refractivity contribution in [3.63, 3.8) is 0 Å². The zero-order chi connectivity index (χ0) is 16.1. The highest BCUT2D eigenvalue weighted by Gasteiger charge is 2.29. The Kier molecular flexibility index (Phi) is 5.58. The van der Waals surface area contributed by atoms with Gasteiger partial charge in [0.05, 0.1) is 13.0 Å². The van der Waals surface area contributed by atoms with Gasteiger partial charge in [0.25, 0.3) is 0 Å². The molecule has 0 aliphatic rings. The van der Waals surface area contributed by atoms with E-state index in [0.717, 1.165) is 0 Å². The average molecular weight is 337 g/mol. The minimum Gasteiger partial charge on any atom is -0.469 e. The van der Waals surface area contributed by atoms with E-state index in [0.29, 0.717) is 21.2 Å². The first kappa shape index (κ1) is 16.5. The Hall–Kier alpha value is -1.84. The molecule has 2 aromatic rings. The molecule has 0 fully saturated rings. The zero-order valence-corrected chi connectivity index (χ0v) is 13.4. The molecule has 0 aliphatic heterocycles. The van der Waals surface area contributed by atoms with E-state index in [1.54, 1.807) is 42.5 Å². The molecule has 0 N–H and O–H groups in total. The fourth-order valence-corrected chi connectivity index (χ4v) is 2.88. The molecule has 3 nitrogen and oxygen atoms in total. The van der Waals surface area contributed by atoms with Gasteiger partial charge in [-0.25, -0.2) is 0 Å². The summed E-state index contributed by atoms with van der Waals surface area (Å²) >= 11 is 12.3. The molecule has 0 saturated heterocycles. The maximum Gasteiger partial charge on any atom is 0.313 e. The average Bonchev–Trinajstić information content (AvgIpc) is 2.53. The van der Waals surface area contributed by atoms with Gasteiger partial charge in [0.1, 0.15) is 0 Å². The minimum atomic E-state index is -0.834. The van der Waals surface area contributed by atoms with E-state index in [9.17, 15) is 9.59 Å². The van der Waals surface area contributed by atoms with E-state index in [4.69, 9.17) is 27.9 Å². The molecule has 0 aliphatic carbocycles. The fourth-order valence-electron chi connectivity index (χ4n) is 2.22. The lowest BCUT2D eigenvalue weighted by molar-refractivity contribution is -0.142. The third-order valence-corrected chi connectivity index (χ3v) is 3.98. The standard InChI is InChI=1S/C17H14Cl2O3/c1-22-17(21)12(16-13(18)8-5-9-14(16)19)10-15(20)11-6-3-2-4-7-11/h2-9,12H,10H2,1H3. The predicted octanol–water partition coefficient (Wildman–Crippen LogP) is 4.52. The number of halogens is 2. The van der Waals surface area contributed by atoms with Crippen molar-refractivity contribution in [2.75, 3.05) is 7.11 Å². The molecule has 1 atom stereocenters. The highest BCUT2D eigenvalue weighted by Crippen LogP contribution is 2.35. The van der Waals surface area contributed by atoms with Crippen LogP contribution in [-0.4, -0.2) is 18.9 Å². The SMILES string of the molecule is COC(=O)C(CC(=O)c1ccccc1)c1c(Cl)cccc1Cl. The highest BCUT2D eigenvalue weighted by atomic mass is 35.5. The zero-order valence-electron chi connectivity index (χ0n) is 11.9. The molecule has 0 spiro atoms. The van der Waals surface area contributed by atoms with Crippen LogP contribution in [0.2, 0.25) is 10.0 Å². The second-order valence-corrected chi connectivity index (χ2v) is 5.52. The van der Waals surface area contributed by atoms with Gasteiger partial charge >= 0.3 is 5.97 Å². The van der Waals surface area contributed by atoms with Crippen molar-refractivity contribution in [2.45, 2.75) is 12.3 Å². The van der Waals surface area contributed by atoms with Crippen LogP contribution in [0.4, 0.5) is 0 Å². The molecule has 2 rings (SSSR count). The number of ether oxygens (including phenoxy) is 1. The van der Waals surface area contributed by atoms with Crippen molar-refractivity contribution in [1.82, 2.24) is 0 Å². The Bertz CT molecular complexity index is 663. The molecule has 0 aromatic heterocycles. The van der Waals surface area contributed by atoms with Gasteiger partial charge in [0.15, 0.2) is 5.78 Å². The topological polar surface area (TPSA) is 43.4 Å². The number of methoxy groups -OCH3 is 1. The normalized spacial score (nSPS) is 11.8. The second-order valence-electron chi connectivity index (χ2n) is 4.70. The molecular formula is C17H14Cl2O3. The largest absolute Gasteiger partial charge is 0.469 e. The van der Waals surface area contributed by atoms with Gasteiger partial charge in [-0.2, -0.15) is 0 Å². The summed E-state index contributed by atoms with van der Waals surface area (Å²) in [5.41, 5.74) is 0.946. The van der Waals surface area contributed by atoms with Crippen LogP contribution in [0.1, 0.15) is 28.3 Å². The first-order valence-corrected chi connectivity index (χ1v) is 7.40. The van der Waals surface area contributed by atoms with Crippen molar-refractivity contribution < 1.29 is 14.3 Å². The summed E-state index contributed by atoms with van der Waals surface area (Å²) in [7, 11) is 1.27. The summed E-state index contributed by atoms with van der Waals surface area (Å²) in [6, 6.07) is 13.7. The third-order valence-electron chi connectivity index (χ3n) is 3.32. The molecule has 0 bridgehead atoms. The molecule has 5 heteroatoms. The molecule has 114 valence electrons. The molecule has 22 heavy (non-hydrogen) atoms. The molecular weight excluding hydrogens is 323 g/mol. The quantitative estimate of drug-likeness (QED) is 0.595. The number of benzene rings is 2. The van der Waals surface area contributed by atoms with Gasteiger partial charge in [-0.15, -0.1) is 0 Å². The molecule has 2 aromatic carbocycles. The highest BCUT2D eigenvalue weighted by molar-refractivity contribution is 6.36. The maximum absolute atomic E-state index is 12.4. The maximum atomic E-state index is 12.4. The number of Topliss-reactive ketones (excluding diaryl/α,β-unsaturated/α-hetero) is 1. The van der Waals surface area contributed by atoms with Crippen molar-refractivity contribution >= 4 is 35.0 Å². The van der Waals surface area contributed by atoms with Crippen LogP contribution < -0.4 is 0 Å². The summed E-state index contributed by atoms with van der Waals surface area (Å²) in [6.07, 6.45) is -0.0554. The van der Waals surface area contributed by atoms with Gasteiger partial charge in [-0.05, 0) is 12.1 Å². The van der Waals surface area contributed by atoms with Crippen molar-refractivity contribution in [3.8, 4) is 0 Å². The molecule has 0 radical (unpaired) electrons. The van der Waals surface area contributed by atoms with Crippen LogP contribution in [0.25, 0.3) is 0 Å². The second kappa shape index (κ2) is 7.43. The first-order valence-electron chi connectivity index (χ1n) is 6.64. The summed E-state index contributed by atoms with van der Waals surface area (Å²) in [5.74, 6) is -1.55. The lowest BCUT2D eigenvalue weighted by Gasteiger charge is -2.17. The summed E-state index contributed by atoms with van der Waals surface area (Å²) in [6.45, 7) is 0. The third kappa shape index (κ3) is 3.67. The molecule has 0 amide bonds. The van der Waals surface area contributed by atoms with E-state index in [1.807, 2.05) is 6.07 Å². The Balaban J connectivity index is 2.36. The van der Waals surface area contributed by atoms with Gasteiger partial charge in [-0.1, -0.05) is 59.6 Å². The summed E-state index contributed by atoms with van der Waals surface area (Å²) < 4.78 is 4.81. The van der Waals surface area contributed by atoms with E-state index in [2.05, 4.69) is 0 Å². The Labute approximate surface area is 138 Å². The first-order chi connectivity index (χ1) is 10.5. The lowest BCUT2D eigenvalue weighted by atomic mass is 9.91. The van der Waals surface area contributed by atoms with Gasteiger partial charge in [0.2, 0.25) is 0 Å². The smallest absolute Gasteiger partial charge is 0.313 e. The number of hydrogen-bond donors (Lipinski definition) is 0. The number of esters is 1. The Morgan fingerprint density at radius 3 is 2.14 bits per heavy atom. The van der Waals surface area contributed by atoms with Crippen LogP contribution in [-0.2, 0) is 9.53 Å². The van der Waals surface area contributed by atoms with E-state index < -0.39 is 11.9 Å². The summed E-state index contributed by atoms with van der Waals surface area (Å²) in [4.78, 5) is 24.5. The van der Waals surface area contributed by atoms with Gasteiger partial charge < -0.3 is 4.74 Å². The lowest BCUT2D eigenvalue weighted by Crippen LogP contribution is -2.19. The Morgan fingerprint density at radius 1 is 1.00 bits per heavy atom. The molecule has 0 heterocycles.